The van der Waals surface area contributed by atoms with E-state index in [1.807, 2.05) is 27.7 Å². The van der Waals surface area contributed by atoms with Gasteiger partial charge in [-0.15, -0.1) is 0 Å². The lowest BCUT2D eigenvalue weighted by atomic mass is 10.1. The van der Waals surface area contributed by atoms with E-state index in [1.54, 1.807) is 19.9 Å². The summed E-state index contributed by atoms with van der Waals surface area (Å²) in [6.45, 7) is 12.9. The average molecular weight is 570 g/mol. The molecule has 12 heteroatoms. The standard InChI is InChI=1S/C28H43NO11/c1-17(2)10-12-34-26(31)39-23-9-8-21(15-24(23)40-27(32)35-13-11-18(3)4)14-22(29)25(30)38-20(7)16-36-28(33)37-19(5)6/h8-9,15,17-20,22H,10-14,16,29H2,1-7H3/t20-,22-/m0/s1. The van der Waals surface area contributed by atoms with Crippen molar-refractivity contribution in [2.75, 3.05) is 19.8 Å². The molecule has 0 spiro atoms. The molecule has 0 fully saturated rings. The van der Waals surface area contributed by atoms with Crippen LogP contribution >= 0.6 is 0 Å². The van der Waals surface area contributed by atoms with E-state index in [2.05, 4.69) is 0 Å². The Morgan fingerprint density at radius 1 is 0.725 bits per heavy atom. The van der Waals surface area contributed by atoms with Crippen molar-refractivity contribution in [1.29, 1.82) is 0 Å². The molecule has 0 aliphatic heterocycles. The van der Waals surface area contributed by atoms with Crippen LogP contribution in [0.3, 0.4) is 0 Å². The second-order valence-electron chi connectivity index (χ2n) is 10.3. The Balaban J connectivity index is 2.86. The molecule has 0 radical (unpaired) electrons. The van der Waals surface area contributed by atoms with Crippen LogP contribution in [0.4, 0.5) is 14.4 Å². The van der Waals surface area contributed by atoms with Crippen LogP contribution < -0.4 is 15.2 Å². The summed E-state index contributed by atoms with van der Waals surface area (Å²) < 4.78 is 35.7. The lowest BCUT2D eigenvalue weighted by Gasteiger charge is -2.18. The minimum absolute atomic E-state index is 0.000324. The normalized spacial score (nSPS) is 12.5. The van der Waals surface area contributed by atoms with Gasteiger partial charge >= 0.3 is 24.4 Å². The minimum atomic E-state index is -1.09. The molecule has 0 saturated heterocycles. The highest BCUT2D eigenvalue weighted by molar-refractivity contribution is 5.76. The molecule has 2 atom stereocenters. The number of carbonyl (C=O) groups excluding carboxylic acids is 4. The van der Waals surface area contributed by atoms with E-state index in [9.17, 15) is 19.2 Å². The Morgan fingerprint density at radius 2 is 1.27 bits per heavy atom. The molecule has 12 nitrogen and oxygen atoms in total. The molecule has 40 heavy (non-hydrogen) atoms. The fourth-order valence-electron chi connectivity index (χ4n) is 2.91. The van der Waals surface area contributed by atoms with Crippen LogP contribution in [-0.4, -0.2) is 62.5 Å². The van der Waals surface area contributed by atoms with E-state index in [0.717, 1.165) is 0 Å². The van der Waals surface area contributed by atoms with Crippen molar-refractivity contribution in [2.24, 2.45) is 17.6 Å². The summed E-state index contributed by atoms with van der Waals surface area (Å²) in [4.78, 5) is 48.4. The van der Waals surface area contributed by atoms with Gasteiger partial charge in [0.15, 0.2) is 11.5 Å². The zero-order valence-electron chi connectivity index (χ0n) is 24.4. The summed E-state index contributed by atoms with van der Waals surface area (Å²) in [6.07, 6.45) is -2.63. The molecule has 0 bridgehead atoms. The fourth-order valence-corrected chi connectivity index (χ4v) is 2.91. The number of hydrogen-bond donors (Lipinski definition) is 1. The number of esters is 1. The van der Waals surface area contributed by atoms with Crippen LogP contribution in [0.1, 0.15) is 66.9 Å². The van der Waals surface area contributed by atoms with Crippen LogP contribution in [0.2, 0.25) is 0 Å². The molecular formula is C28H43NO11. The molecule has 0 aliphatic carbocycles. The van der Waals surface area contributed by atoms with Crippen LogP contribution in [-0.2, 0) is 34.9 Å². The van der Waals surface area contributed by atoms with Gasteiger partial charge in [0, 0.05) is 0 Å². The summed E-state index contributed by atoms with van der Waals surface area (Å²) in [6, 6.07) is 3.26. The number of nitrogens with two attached hydrogens (primary N) is 1. The van der Waals surface area contributed by atoms with E-state index in [0.29, 0.717) is 30.2 Å². The molecule has 0 aliphatic rings. The molecule has 1 aromatic rings. The molecule has 0 amide bonds. The first-order valence-electron chi connectivity index (χ1n) is 13.4. The van der Waals surface area contributed by atoms with Gasteiger partial charge in [0.2, 0.25) is 0 Å². The first-order valence-corrected chi connectivity index (χ1v) is 13.4. The largest absolute Gasteiger partial charge is 0.513 e. The number of carbonyl (C=O) groups is 4. The van der Waals surface area contributed by atoms with Gasteiger partial charge in [-0.05, 0) is 69.6 Å². The van der Waals surface area contributed by atoms with Crippen LogP contribution in [0.5, 0.6) is 11.5 Å². The predicted molar refractivity (Wildman–Crippen MR) is 144 cm³/mol. The van der Waals surface area contributed by atoms with Gasteiger partial charge in [0.05, 0.1) is 19.3 Å². The van der Waals surface area contributed by atoms with E-state index in [-0.39, 0.29) is 43.8 Å². The van der Waals surface area contributed by atoms with E-state index < -0.39 is 36.6 Å². The Hall–Kier alpha value is -3.54. The molecular weight excluding hydrogens is 526 g/mol. The Bertz CT molecular complexity index is 962. The van der Waals surface area contributed by atoms with Crippen molar-refractivity contribution in [3.63, 3.8) is 0 Å². The third-order valence-electron chi connectivity index (χ3n) is 5.07. The molecule has 0 unspecified atom stereocenters. The summed E-state index contributed by atoms with van der Waals surface area (Å²) >= 11 is 0. The Kier molecular flexibility index (Phi) is 15.5. The monoisotopic (exact) mass is 569 g/mol. The molecule has 1 aromatic carbocycles. The quantitative estimate of drug-likeness (QED) is 0.168. The van der Waals surface area contributed by atoms with Crippen molar-refractivity contribution in [2.45, 2.75) is 86.0 Å². The van der Waals surface area contributed by atoms with Crippen LogP contribution in [0.25, 0.3) is 0 Å². The second-order valence-corrected chi connectivity index (χ2v) is 10.3. The summed E-state index contributed by atoms with van der Waals surface area (Å²) in [5, 5.41) is 0. The third kappa shape index (κ3) is 15.2. The Labute approximate surface area is 235 Å². The first-order chi connectivity index (χ1) is 18.8. The van der Waals surface area contributed by atoms with Crippen molar-refractivity contribution in [1.82, 2.24) is 0 Å². The van der Waals surface area contributed by atoms with Gasteiger partial charge in [-0.3, -0.25) is 4.79 Å². The van der Waals surface area contributed by atoms with E-state index in [1.165, 1.54) is 19.1 Å². The summed E-state index contributed by atoms with van der Waals surface area (Å²) in [5.41, 5.74) is 6.50. The fraction of sp³-hybridized carbons (Fsp3) is 0.643. The first kappa shape index (κ1) is 34.5. The van der Waals surface area contributed by atoms with Gasteiger partial charge in [-0.2, -0.15) is 0 Å². The lowest BCUT2D eigenvalue weighted by Crippen LogP contribution is -2.37. The zero-order chi connectivity index (χ0) is 30.2. The predicted octanol–water partition coefficient (Wildman–Crippen LogP) is 5.17. The molecule has 0 saturated carbocycles. The molecule has 2 N–H and O–H groups in total. The minimum Gasteiger partial charge on any atom is -0.458 e. The highest BCUT2D eigenvalue weighted by Gasteiger charge is 2.22. The van der Waals surface area contributed by atoms with Gasteiger partial charge in [-0.25, -0.2) is 14.4 Å². The maximum absolute atomic E-state index is 12.5. The highest BCUT2D eigenvalue weighted by atomic mass is 16.7. The van der Waals surface area contributed by atoms with Gasteiger partial charge in [0.1, 0.15) is 18.8 Å². The molecule has 1 rings (SSSR count). The van der Waals surface area contributed by atoms with Gasteiger partial charge < -0.3 is 38.9 Å². The van der Waals surface area contributed by atoms with Gasteiger partial charge in [0.25, 0.3) is 0 Å². The second kappa shape index (κ2) is 17.9. The maximum Gasteiger partial charge on any atom is 0.513 e. The van der Waals surface area contributed by atoms with Crippen LogP contribution in [0, 0.1) is 11.8 Å². The lowest BCUT2D eigenvalue weighted by molar-refractivity contribution is -0.152. The number of hydrogen-bond acceptors (Lipinski definition) is 12. The molecule has 226 valence electrons. The number of benzene rings is 1. The van der Waals surface area contributed by atoms with Crippen molar-refractivity contribution in [3.8, 4) is 11.5 Å². The topological polar surface area (TPSA) is 159 Å². The third-order valence-corrected chi connectivity index (χ3v) is 5.07. The zero-order valence-corrected chi connectivity index (χ0v) is 24.4. The van der Waals surface area contributed by atoms with Crippen molar-refractivity contribution >= 4 is 24.4 Å². The number of ether oxygens (including phenoxy) is 7. The average Bonchev–Trinajstić information content (AvgIpc) is 2.83. The van der Waals surface area contributed by atoms with Crippen molar-refractivity contribution < 1.29 is 52.3 Å². The smallest absolute Gasteiger partial charge is 0.458 e. The van der Waals surface area contributed by atoms with E-state index in [4.69, 9.17) is 38.9 Å². The molecule has 0 aromatic heterocycles. The molecule has 0 heterocycles. The summed E-state index contributed by atoms with van der Waals surface area (Å²) in [7, 11) is 0. The van der Waals surface area contributed by atoms with Crippen molar-refractivity contribution in [3.05, 3.63) is 23.8 Å². The summed E-state index contributed by atoms with van der Waals surface area (Å²) in [5.74, 6) is -0.273. The van der Waals surface area contributed by atoms with Gasteiger partial charge in [-0.1, -0.05) is 33.8 Å². The van der Waals surface area contributed by atoms with Crippen LogP contribution in [0.15, 0.2) is 18.2 Å². The Morgan fingerprint density at radius 3 is 1.80 bits per heavy atom. The number of rotatable bonds is 15. The SMILES string of the molecule is CC(C)CCOC(=O)Oc1ccc(C[C@H](N)C(=O)O[C@@H](C)COC(=O)OC(C)C)cc1OC(=O)OCCC(C)C. The maximum atomic E-state index is 12.5. The van der Waals surface area contributed by atoms with E-state index >= 15 is 0 Å². The highest BCUT2D eigenvalue weighted by Crippen LogP contribution is 2.30.